The van der Waals surface area contributed by atoms with E-state index in [4.69, 9.17) is 21.1 Å². The average Bonchev–Trinajstić information content (AvgIpc) is 2.81. The second-order valence-electron chi connectivity index (χ2n) is 6.57. The van der Waals surface area contributed by atoms with Gasteiger partial charge >= 0.3 is 5.97 Å². The SMILES string of the molecule is COC(=O)COc1c(Cl)cc(/C=N\NC(=O)CNc2cccc3ccccc23)cc1OC. The predicted molar refractivity (Wildman–Crippen MR) is 124 cm³/mol. The Balaban J connectivity index is 1.59. The minimum atomic E-state index is -0.548. The van der Waals surface area contributed by atoms with Crippen molar-refractivity contribution in [3.8, 4) is 11.5 Å². The number of anilines is 1. The molecule has 1 amide bonds. The largest absolute Gasteiger partial charge is 0.493 e. The minimum absolute atomic E-state index is 0.0513. The van der Waals surface area contributed by atoms with Crippen molar-refractivity contribution >= 4 is 46.2 Å². The Morgan fingerprint density at radius 3 is 2.66 bits per heavy atom. The predicted octanol–water partition coefficient (Wildman–Crippen LogP) is 3.62. The molecule has 0 heterocycles. The molecule has 0 aliphatic heterocycles. The lowest BCUT2D eigenvalue weighted by molar-refractivity contribution is -0.142. The van der Waals surface area contributed by atoms with Gasteiger partial charge in [-0.05, 0) is 29.1 Å². The third-order valence-electron chi connectivity index (χ3n) is 4.45. The number of hydrogen-bond acceptors (Lipinski definition) is 7. The van der Waals surface area contributed by atoms with Crippen LogP contribution in [-0.2, 0) is 14.3 Å². The molecule has 0 radical (unpaired) electrons. The number of carbonyl (C=O) groups is 2. The quantitative estimate of drug-likeness (QED) is 0.290. The first-order valence-electron chi connectivity index (χ1n) is 9.62. The molecule has 0 unspecified atom stereocenters. The summed E-state index contributed by atoms with van der Waals surface area (Å²) in [5.74, 6) is -0.342. The lowest BCUT2D eigenvalue weighted by Gasteiger charge is -2.12. The molecule has 166 valence electrons. The Bertz CT molecular complexity index is 1140. The van der Waals surface area contributed by atoms with Crippen LogP contribution in [0.3, 0.4) is 0 Å². The monoisotopic (exact) mass is 455 g/mol. The Kier molecular flexibility index (Phi) is 7.88. The highest BCUT2D eigenvalue weighted by Crippen LogP contribution is 2.36. The molecule has 3 aromatic carbocycles. The van der Waals surface area contributed by atoms with E-state index in [1.54, 1.807) is 12.1 Å². The van der Waals surface area contributed by atoms with Gasteiger partial charge in [0.25, 0.3) is 5.91 Å². The van der Waals surface area contributed by atoms with Crippen LogP contribution in [0.15, 0.2) is 59.7 Å². The number of methoxy groups -OCH3 is 2. The number of benzene rings is 3. The molecule has 0 fully saturated rings. The van der Waals surface area contributed by atoms with Crippen molar-refractivity contribution in [1.82, 2.24) is 5.43 Å². The van der Waals surface area contributed by atoms with Gasteiger partial charge in [0.15, 0.2) is 18.1 Å². The molecule has 0 aliphatic rings. The highest BCUT2D eigenvalue weighted by molar-refractivity contribution is 6.32. The molecule has 3 aromatic rings. The van der Waals surface area contributed by atoms with E-state index >= 15 is 0 Å². The number of hydrazone groups is 1. The number of carbonyl (C=O) groups excluding carboxylic acids is 2. The maximum absolute atomic E-state index is 12.2. The average molecular weight is 456 g/mol. The van der Waals surface area contributed by atoms with Gasteiger partial charge in [-0.15, -0.1) is 0 Å². The van der Waals surface area contributed by atoms with Gasteiger partial charge in [-0.3, -0.25) is 4.79 Å². The van der Waals surface area contributed by atoms with Gasteiger partial charge in [-0.1, -0.05) is 48.0 Å². The van der Waals surface area contributed by atoms with E-state index in [1.807, 2.05) is 42.5 Å². The summed E-state index contributed by atoms with van der Waals surface area (Å²) in [6.07, 6.45) is 1.42. The van der Waals surface area contributed by atoms with Gasteiger partial charge in [0.1, 0.15) is 0 Å². The van der Waals surface area contributed by atoms with Crippen molar-refractivity contribution in [3.63, 3.8) is 0 Å². The van der Waals surface area contributed by atoms with Crippen LogP contribution < -0.4 is 20.2 Å². The summed E-state index contributed by atoms with van der Waals surface area (Å²) in [5.41, 5.74) is 3.89. The Labute approximate surface area is 190 Å². The number of esters is 1. The van der Waals surface area contributed by atoms with Gasteiger partial charge in [-0.25, -0.2) is 10.2 Å². The van der Waals surface area contributed by atoms with E-state index in [-0.39, 0.29) is 29.8 Å². The van der Waals surface area contributed by atoms with Crippen LogP contribution >= 0.6 is 11.6 Å². The molecule has 0 saturated carbocycles. The molecule has 8 nitrogen and oxygen atoms in total. The third-order valence-corrected chi connectivity index (χ3v) is 4.73. The normalized spacial score (nSPS) is 10.7. The summed E-state index contributed by atoms with van der Waals surface area (Å²) in [5, 5.41) is 9.41. The summed E-state index contributed by atoms with van der Waals surface area (Å²) < 4.78 is 15.2. The molecule has 9 heteroatoms. The van der Waals surface area contributed by atoms with Crippen LogP contribution in [0.25, 0.3) is 10.8 Å². The summed E-state index contributed by atoms with van der Waals surface area (Å²) in [6.45, 7) is -0.254. The molecular formula is C23H22ClN3O5. The number of nitrogens with one attached hydrogen (secondary N) is 2. The van der Waals surface area contributed by atoms with E-state index in [1.165, 1.54) is 20.4 Å². The summed E-state index contributed by atoms with van der Waals surface area (Å²) >= 11 is 6.23. The molecule has 3 rings (SSSR count). The van der Waals surface area contributed by atoms with Gasteiger partial charge in [0.05, 0.1) is 32.0 Å². The fraction of sp³-hybridized carbons (Fsp3) is 0.174. The van der Waals surface area contributed by atoms with Gasteiger partial charge in [0.2, 0.25) is 0 Å². The number of halogens is 1. The van der Waals surface area contributed by atoms with E-state index in [2.05, 4.69) is 20.6 Å². The smallest absolute Gasteiger partial charge is 0.343 e. The zero-order valence-electron chi connectivity index (χ0n) is 17.6. The molecule has 0 bridgehead atoms. The number of fused-ring (bicyclic) bond motifs is 1. The number of amides is 1. The van der Waals surface area contributed by atoms with Gasteiger partial charge in [0, 0.05) is 11.1 Å². The first-order valence-corrected chi connectivity index (χ1v) is 10.00. The fourth-order valence-electron chi connectivity index (χ4n) is 2.92. The van der Waals surface area contributed by atoms with Crippen molar-refractivity contribution in [1.29, 1.82) is 0 Å². The molecule has 0 aliphatic carbocycles. The molecule has 32 heavy (non-hydrogen) atoms. The van der Waals surface area contributed by atoms with Gasteiger partial charge in [-0.2, -0.15) is 5.10 Å². The van der Waals surface area contributed by atoms with Crippen LogP contribution in [0.1, 0.15) is 5.56 Å². The molecular weight excluding hydrogens is 434 g/mol. The second-order valence-corrected chi connectivity index (χ2v) is 6.98. The molecule has 2 N–H and O–H groups in total. The standard InChI is InChI=1S/C23H22ClN3O5/c1-30-20-11-15(10-18(24)23(20)32-14-22(29)31-2)12-26-27-21(28)13-25-19-9-5-7-16-6-3-4-8-17(16)19/h3-12,25H,13-14H2,1-2H3,(H,27,28)/b26-12-. The lowest BCUT2D eigenvalue weighted by Crippen LogP contribution is -2.25. The van der Waals surface area contributed by atoms with Crippen molar-refractivity contribution in [2.45, 2.75) is 0 Å². The topological polar surface area (TPSA) is 98.3 Å². The van der Waals surface area contributed by atoms with Gasteiger partial charge < -0.3 is 19.5 Å². The van der Waals surface area contributed by atoms with Crippen LogP contribution in [0.5, 0.6) is 11.5 Å². The number of rotatable bonds is 9. The first kappa shape index (κ1) is 22.9. The molecule has 0 spiro atoms. The molecule has 0 atom stereocenters. The van der Waals surface area contributed by atoms with Crippen LogP contribution in [-0.4, -0.2) is 45.5 Å². The Morgan fingerprint density at radius 2 is 1.88 bits per heavy atom. The van der Waals surface area contributed by atoms with Crippen molar-refractivity contribution in [2.24, 2.45) is 5.10 Å². The Morgan fingerprint density at radius 1 is 1.09 bits per heavy atom. The minimum Gasteiger partial charge on any atom is -0.493 e. The van der Waals surface area contributed by atoms with Crippen LogP contribution in [0.4, 0.5) is 5.69 Å². The van der Waals surface area contributed by atoms with Crippen molar-refractivity contribution in [3.05, 3.63) is 65.2 Å². The summed E-state index contributed by atoms with van der Waals surface area (Å²) in [6, 6.07) is 16.9. The van der Waals surface area contributed by atoms with Crippen LogP contribution in [0, 0.1) is 0 Å². The van der Waals surface area contributed by atoms with Crippen molar-refractivity contribution in [2.75, 3.05) is 32.7 Å². The number of ether oxygens (including phenoxy) is 3. The number of nitrogens with zero attached hydrogens (tertiary/aromatic N) is 1. The maximum atomic E-state index is 12.2. The van der Waals surface area contributed by atoms with Crippen LogP contribution in [0.2, 0.25) is 5.02 Å². The molecule has 0 aromatic heterocycles. The highest BCUT2D eigenvalue weighted by atomic mass is 35.5. The number of hydrogen-bond donors (Lipinski definition) is 2. The second kappa shape index (κ2) is 11.0. The first-order chi connectivity index (χ1) is 15.5. The highest BCUT2D eigenvalue weighted by Gasteiger charge is 2.13. The zero-order valence-corrected chi connectivity index (χ0v) is 18.3. The lowest BCUT2D eigenvalue weighted by atomic mass is 10.1. The summed E-state index contributed by atoms with van der Waals surface area (Å²) in [4.78, 5) is 23.4. The third kappa shape index (κ3) is 5.89. The molecule has 0 saturated heterocycles. The van der Waals surface area contributed by atoms with E-state index in [9.17, 15) is 9.59 Å². The maximum Gasteiger partial charge on any atom is 0.343 e. The summed E-state index contributed by atoms with van der Waals surface area (Å²) in [7, 11) is 2.70. The van der Waals surface area contributed by atoms with E-state index in [0.29, 0.717) is 11.3 Å². The van der Waals surface area contributed by atoms with E-state index < -0.39 is 5.97 Å². The van der Waals surface area contributed by atoms with Crippen molar-refractivity contribution < 1.29 is 23.8 Å². The van der Waals surface area contributed by atoms with E-state index in [0.717, 1.165) is 16.5 Å². The Hall–Kier alpha value is -3.78. The fourth-order valence-corrected chi connectivity index (χ4v) is 3.19. The zero-order chi connectivity index (χ0) is 22.9.